The second-order valence-electron chi connectivity index (χ2n) is 4.70. The van der Waals surface area contributed by atoms with Gasteiger partial charge in [-0.3, -0.25) is 0 Å². The zero-order valence-corrected chi connectivity index (χ0v) is 12.2. The van der Waals surface area contributed by atoms with Crippen molar-refractivity contribution in [3.05, 3.63) is 16.0 Å². The van der Waals surface area contributed by atoms with Crippen LogP contribution in [0.3, 0.4) is 0 Å². The average Bonchev–Trinajstić information content (AvgIpc) is 2.36. The van der Waals surface area contributed by atoms with Crippen LogP contribution < -0.4 is 5.32 Å². The number of anilines is 1. The molecular formula is C13H20BrN3. The van der Waals surface area contributed by atoms with Crippen LogP contribution in [0.5, 0.6) is 0 Å². The normalized spacial score (nSPS) is 17.1. The number of nitrogens with zero attached hydrogens (tertiary/aromatic N) is 2. The monoisotopic (exact) mass is 297 g/mol. The van der Waals surface area contributed by atoms with Crippen LogP contribution in [0.2, 0.25) is 0 Å². The van der Waals surface area contributed by atoms with Gasteiger partial charge >= 0.3 is 0 Å². The third-order valence-corrected chi connectivity index (χ3v) is 4.30. The van der Waals surface area contributed by atoms with Crippen molar-refractivity contribution in [2.75, 3.05) is 11.9 Å². The summed E-state index contributed by atoms with van der Waals surface area (Å²) >= 11 is 3.55. The zero-order valence-electron chi connectivity index (χ0n) is 10.6. The topological polar surface area (TPSA) is 37.8 Å². The highest BCUT2D eigenvalue weighted by atomic mass is 79.9. The lowest BCUT2D eigenvalue weighted by molar-refractivity contribution is 0.428. The molecule has 1 aliphatic carbocycles. The minimum atomic E-state index is 0.563. The lowest BCUT2D eigenvalue weighted by atomic mass is 9.88. The molecule has 3 nitrogen and oxygen atoms in total. The molecule has 1 aliphatic rings. The highest BCUT2D eigenvalue weighted by molar-refractivity contribution is 9.10. The Bertz CT molecular complexity index is 386. The lowest BCUT2D eigenvalue weighted by Crippen LogP contribution is -2.12. The molecule has 0 radical (unpaired) electrons. The third-order valence-electron chi connectivity index (χ3n) is 3.35. The van der Waals surface area contributed by atoms with E-state index < -0.39 is 0 Å². The number of aryl methyl sites for hydroxylation is 1. The number of rotatable bonds is 3. The van der Waals surface area contributed by atoms with Gasteiger partial charge in [-0.25, -0.2) is 9.97 Å². The lowest BCUT2D eigenvalue weighted by Gasteiger charge is -2.21. The molecule has 0 saturated heterocycles. The Morgan fingerprint density at radius 1 is 1.24 bits per heavy atom. The smallest absolute Gasteiger partial charge is 0.144 e. The van der Waals surface area contributed by atoms with Crippen molar-refractivity contribution >= 4 is 21.7 Å². The van der Waals surface area contributed by atoms with E-state index in [0.29, 0.717) is 5.92 Å². The zero-order chi connectivity index (χ0) is 12.3. The van der Waals surface area contributed by atoms with Crippen LogP contribution >= 0.6 is 15.9 Å². The molecule has 0 amide bonds. The molecule has 1 heterocycles. The summed E-state index contributed by atoms with van der Waals surface area (Å²) in [5.41, 5.74) is 1.04. The van der Waals surface area contributed by atoms with Gasteiger partial charge in [0.25, 0.3) is 0 Å². The number of nitrogens with one attached hydrogen (secondary N) is 1. The molecule has 1 aromatic rings. The SMILES string of the molecule is CCNc1nc(C2CCCCC2)nc(C)c1Br. The standard InChI is InChI=1S/C13H20BrN3/c1-3-15-13-11(14)9(2)16-12(17-13)10-7-5-4-6-8-10/h10H,3-8H2,1-2H3,(H,15,16,17). The average molecular weight is 298 g/mol. The fourth-order valence-corrected chi connectivity index (χ4v) is 2.73. The predicted octanol–water partition coefficient (Wildman–Crippen LogP) is 4.03. The van der Waals surface area contributed by atoms with Crippen LogP contribution in [-0.4, -0.2) is 16.5 Å². The van der Waals surface area contributed by atoms with Crippen molar-refractivity contribution < 1.29 is 0 Å². The first-order valence-corrected chi connectivity index (χ1v) is 7.29. The molecule has 0 atom stereocenters. The first kappa shape index (κ1) is 12.8. The van der Waals surface area contributed by atoms with Gasteiger partial charge in [0.2, 0.25) is 0 Å². The van der Waals surface area contributed by atoms with E-state index in [4.69, 9.17) is 0 Å². The van der Waals surface area contributed by atoms with Gasteiger partial charge in [-0.2, -0.15) is 0 Å². The van der Waals surface area contributed by atoms with E-state index in [0.717, 1.165) is 28.4 Å². The summed E-state index contributed by atoms with van der Waals surface area (Å²) in [5, 5.41) is 3.30. The molecule has 94 valence electrons. The first-order chi connectivity index (χ1) is 8.22. The van der Waals surface area contributed by atoms with Gasteiger partial charge in [0, 0.05) is 12.5 Å². The van der Waals surface area contributed by atoms with Crippen molar-refractivity contribution in [3.8, 4) is 0 Å². The van der Waals surface area contributed by atoms with Gasteiger partial charge in [0.15, 0.2) is 0 Å². The Morgan fingerprint density at radius 3 is 2.59 bits per heavy atom. The van der Waals surface area contributed by atoms with Gasteiger partial charge in [0.1, 0.15) is 11.6 Å². The van der Waals surface area contributed by atoms with Crippen LogP contribution in [0.4, 0.5) is 5.82 Å². The minimum Gasteiger partial charge on any atom is -0.369 e. The predicted molar refractivity (Wildman–Crippen MR) is 74.5 cm³/mol. The summed E-state index contributed by atoms with van der Waals surface area (Å²) in [4.78, 5) is 9.32. The highest BCUT2D eigenvalue weighted by Gasteiger charge is 2.20. The molecular weight excluding hydrogens is 278 g/mol. The molecule has 0 aliphatic heterocycles. The van der Waals surface area contributed by atoms with Gasteiger partial charge in [-0.1, -0.05) is 19.3 Å². The van der Waals surface area contributed by atoms with Crippen molar-refractivity contribution in [2.45, 2.75) is 51.9 Å². The van der Waals surface area contributed by atoms with E-state index in [-0.39, 0.29) is 0 Å². The maximum absolute atomic E-state index is 4.68. The van der Waals surface area contributed by atoms with E-state index in [1.54, 1.807) is 0 Å². The molecule has 0 aromatic carbocycles. The molecule has 0 unspecified atom stereocenters. The Morgan fingerprint density at radius 2 is 1.94 bits per heavy atom. The maximum atomic E-state index is 4.68. The maximum Gasteiger partial charge on any atom is 0.144 e. The molecule has 17 heavy (non-hydrogen) atoms. The molecule has 0 bridgehead atoms. The number of aromatic nitrogens is 2. The van der Waals surface area contributed by atoms with Crippen LogP contribution in [0, 0.1) is 6.92 Å². The Kier molecular flexibility index (Phi) is 4.37. The van der Waals surface area contributed by atoms with Crippen molar-refractivity contribution in [3.63, 3.8) is 0 Å². The number of halogens is 1. The molecule has 1 saturated carbocycles. The highest BCUT2D eigenvalue weighted by Crippen LogP contribution is 2.33. The van der Waals surface area contributed by atoms with E-state index >= 15 is 0 Å². The molecule has 2 rings (SSSR count). The summed E-state index contributed by atoms with van der Waals surface area (Å²) in [6.45, 7) is 5.02. The van der Waals surface area contributed by atoms with Crippen LogP contribution in [0.1, 0.15) is 56.5 Å². The Hall–Kier alpha value is -0.640. The summed E-state index contributed by atoms with van der Waals surface area (Å²) in [5.74, 6) is 2.54. The number of hydrogen-bond acceptors (Lipinski definition) is 3. The van der Waals surface area contributed by atoms with Crippen LogP contribution in [0.15, 0.2) is 4.47 Å². The fourth-order valence-electron chi connectivity index (χ4n) is 2.41. The van der Waals surface area contributed by atoms with Gasteiger partial charge in [-0.15, -0.1) is 0 Å². The van der Waals surface area contributed by atoms with Gasteiger partial charge in [-0.05, 0) is 42.6 Å². The summed E-state index contributed by atoms with van der Waals surface area (Å²) < 4.78 is 0.999. The number of hydrogen-bond donors (Lipinski definition) is 1. The van der Waals surface area contributed by atoms with Gasteiger partial charge in [0.05, 0.1) is 10.2 Å². The molecule has 1 aromatic heterocycles. The second-order valence-corrected chi connectivity index (χ2v) is 5.49. The van der Waals surface area contributed by atoms with Crippen LogP contribution in [-0.2, 0) is 0 Å². The summed E-state index contributed by atoms with van der Waals surface area (Å²) in [6, 6.07) is 0. The molecule has 0 spiro atoms. The molecule has 4 heteroatoms. The van der Waals surface area contributed by atoms with E-state index in [1.807, 2.05) is 6.92 Å². The summed E-state index contributed by atoms with van der Waals surface area (Å²) in [7, 11) is 0. The van der Waals surface area contributed by atoms with Crippen molar-refractivity contribution in [1.82, 2.24) is 9.97 Å². The van der Waals surface area contributed by atoms with E-state index in [2.05, 4.69) is 38.1 Å². The largest absolute Gasteiger partial charge is 0.369 e. The Balaban J connectivity index is 2.27. The fraction of sp³-hybridized carbons (Fsp3) is 0.692. The molecule has 1 N–H and O–H groups in total. The third kappa shape index (κ3) is 2.97. The minimum absolute atomic E-state index is 0.563. The molecule has 1 fully saturated rings. The Labute approximate surface area is 112 Å². The first-order valence-electron chi connectivity index (χ1n) is 6.50. The van der Waals surface area contributed by atoms with E-state index in [1.165, 1.54) is 32.1 Å². The quantitative estimate of drug-likeness (QED) is 0.915. The van der Waals surface area contributed by atoms with Crippen LogP contribution in [0.25, 0.3) is 0 Å². The van der Waals surface area contributed by atoms with E-state index in [9.17, 15) is 0 Å². The summed E-state index contributed by atoms with van der Waals surface area (Å²) in [6.07, 6.45) is 6.49. The van der Waals surface area contributed by atoms with Gasteiger partial charge < -0.3 is 5.32 Å². The van der Waals surface area contributed by atoms with Crippen molar-refractivity contribution in [2.24, 2.45) is 0 Å². The second kappa shape index (κ2) is 5.80. The van der Waals surface area contributed by atoms with Crippen molar-refractivity contribution in [1.29, 1.82) is 0 Å².